The van der Waals surface area contributed by atoms with Gasteiger partial charge < -0.3 is 15.4 Å². The molecule has 1 aliphatic heterocycles. The largest absolute Gasteiger partial charge is 0.376 e. The molecular weight excluding hydrogens is 411 g/mol. The van der Waals surface area contributed by atoms with Gasteiger partial charge in [-0.2, -0.15) is 0 Å². The van der Waals surface area contributed by atoms with Crippen molar-refractivity contribution in [1.82, 2.24) is 15.6 Å². The van der Waals surface area contributed by atoms with Gasteiger partial charge in [0.15, 0.2) is 5.96 Å². The maximum atomic E-state index is 5.62. The number of aromatic nitrogens is 1. The van der Waals surface area contributed by atoms with Crippen LogP contribution in [0, 0.1) is 0 Å². The average molecular weight is 438 g/mol. The third-order valence-corrected chi connectivity index (χ3v) is 4.52. The zero-order valence-corrected chi connectivity index (χ0v) is 16.7. The van der Waals surface area contributed by atoms with Crippen LogP contribution in [0.3, 0.4) is 0 Å². The monoisotopic (exact) mass is 438 g/mol. The van der Waals surface area contributed by atoms with Crippen LogP contribution >= 0.6 is 35.3 Å². The van der Waals surface area contributed by atoms with E-state index in [9.17, 15) is 0 Å². The fourth-order valence-electron chi connectivity index (χ4n) is 2.18. The van der Waals surface area contributed by atoms with Crippen LogP contribution in [0.5, 0.6) is 0 Å². The normalized spacial score (nSPS) is 18.4. The first-order valence-corrected chi connectivity index (χ1v) is 8.65. The Morgan fingerprint density at radius 3 is 2.91 bits per heavy atom. The van der Waals surface area contributed by atoms with Crippen LogP contribution in [0.4, 0.5) is 0 Å². The second-order valence-corrected chi connectivity index (χ2v) is 6.43. The highest BCUT2D eigenvalue weighted by molar-refractivity contribution is 14.0. The number of nitrogens with zero attached hydrogens (tertiary/aromatic N) is 2. The van der Waals surface area contributed by atoms with Gasteiger partial charge in [-0.25, -0.2) is 9.98 Å². The van der Waals surface area contributed by atoms with Crippen LogP contribution in [0.15, 0.2) is 10.4 Å². The number of nitrogens with one attached hydrogen (secondary N) is 2. The first-order chi connectivity index (χ1) is 10.2. The lowest BCUT2D eigenvalue weighted by atomic mass is 10.2. The standard InChI is InChI=1S/C15H26N4OS.HI/c1-4-16-15(18-9-13-6-5-7-20-13)17-8-12-10-21-14(19-12)11(2)3;/h10-11,13H,4-9H2,1-3H3,(H2,16,17,18);1H. The lowest BCUT2D eigenvalue weighted by molar-refractivity contribution is 0.114. The van der Waals surface area contributed by atoms with Gasteiger partial charge in [0, 0.05) is 31.0 Å². The van der Waals surface area contributed by atoms with Crippen LogP contribution in [-0.4, -0.2) is 36.7 Å². The van der Waals surface area contributed by atoms with Crippen LogP contribution in [-0.2, 0) is 11.3 Å². The molecule has 5 nitrogen and oxygen atoms in total. The zero-order valence-electron chi connectivity index (χ0n) is 13.6. The molecule has 2 N–H and O–H groups in total. The highest BCUT2D eigenvalue weighted by Crippen LogP contribution is 2.19. The van der Waals surface area contributed by atoms with Crippen molar-refractivity contribution in [2.75, 3.05) is 19.7 Å². The summed E-state index contributed by atoms with van der Waals surface area (Å²) in [4.78, 5) is 9.21. The van der Waals surface area contributed by atoms with E-state index in [-0.39, 0.29) is 24.0 Å². The van der Waals surface area contributed by atoms with Gasteiger partial charge in [0.1, 0.15) is 0 Å². The number of guanidine groups is 1. The molecule has 126 valence electrons. The molecule has 1 fully saturated rings. The third kappa shape index (κ3) is 6.37. The summed E-state index contributed by atoms with van der Waals surface area (Å²) in [6.07, 6.45) is 2.62. The molecular formula is C15H27IN4OS. The smallest absolute Gasteiger partial charge is 0.191 e. The molecule has 1 atom stereocenters. The van der Waals surface area contributed by atoms with E-state index in [1.165, 1.54) is 5.01 Å². The highest BCUT2D eigenvalue weighted by Gasteiger charge is 2.15. The van der Waals surface area contributed by atoms with Gasteiger partial charge >= 0.3 is 0 Å². The Balaban J connectivity index is 0.00000242. The van der Waals surface area contributed by atoms with E-state index in [1.807, 2.05) is 0 Å². The maximum Gasteiger partial charge on any atom is 0.191 e. The quantitative estimate of drug-likeness (QED) is 0.407. The van der Waals surface area contributed by atoms with E-state index in [4.69, 9.17) is 4.74 Å². The molecule has 0 aliphatic carbocycles. The number of aliphatic imine (C=N–C) groups is 1. The lowest BCUT2D eigenvalue weighted by Crippen LogP contribution is -2.41. The van der Waals surface area contributed by atoms with Crippen LogP contribution in [0.2, 0.25) is 0 Å². The molecule has 1 saturated heterocycles. The Morgan fingerprint density at radius 1 is 1.50 bits per heavy atom. The Kier molecular flexibility index (Phi) is 9.27. The summed E-state index contributed by atoms with van der Waals surface area (Å²) in [6.45, 7) is 9.58. The average Bonchev–Trinajstić information content (AvgIpc) is 3.13. The molecule has 1 aromatic rings. The zero-order chi connectivity index (χ0) is 15.1. The highest BCUT2D eigenvalue weighted by atomic mass is 127. The second-order valence-electron chi connectivity index (χ2n) is 5.54. The van der Waals surface area contributed by atoms with Crippen molar-refractivity contribution < 1.29 is 4.74 Å². The van der Waals surface area contributed by atoms with Gasteiger partial charge in [-0.3, -0.25) is 0 Å². The summed E-state index contributed by atoms with van der Waals surface area (Å²) in [5.74, 6) is 1.32. The molecule has 0 aromatic carbocycles. The first kappa shape index (κ1) is 19.6. The molecule has 1 aliphatic rings. The molecule has 0 spiro atoms. The van der Waals surface area contributed by atoms with E-state index in [0.717, 1.165) is 44.2 Å². The molecule has 1 unspecified atom stereocenters. The van der Waals surface area contributed by atoms with E-state index >= 15 is 0 Å². The number of halogens is 1. The summed E-state index contributed by atoms with van der Waals surface area (Å²) in [6, 6.07) is 0. The maximum absolute atomic E-state index is 5.62. The minimum Gasteiger partial charge on any atom is -0.376 e. The molecule has 2 rings (SSSR count). The number of ether oxygens (including phenoxy) is 1. The summed E-state index contributed by atoms with van der Waals surface area (Å²) < 4.78 is 5.62. The fraction of sp³-hybridized carbons (Fsp3) is 0.733. The van der Waals surface area contributed by atoms with Crippen LogP contribution in [0.25, 0.3) is 0 Å². The van der Waals surface area contributed by atoms with E-state index in [1.54, 1.807) is 11.3 Å². The van der Waals surface area contributed by atoms with Crippen molar-refractivity contribution in [2.45, 2.75) is 52.2 Å². The van der Waals surface area contributed by atoms with Crippen LogP contribution < -0.4 is 10.6 Å². The van der Waals surface area contributed by atoms with Crippen molar-refractivity contribution in [3.8, 4) is 0 Å². The molecule has 7 heteroatoms. The third-order valence-electron chi connectivity index (χ3n) is 3.33. The number of rotatable bonds is 6. The second kappa shape index (κ2) is 10.4. The van der Waals surface area contributed by atoms with Gasteiger partial charge in [-0.15, -0.1) is 35.3 Å². The van der Waals surface area contributed by atoms with Crippen molar-refractivity contribution >= 4 is 41.3 Å². The topological polar surface area (TPSA) is 58.5 Å². The summed E-state index contributed by atoms with van der Waals surface area (Å²) in [5.41, 5.74) is 1.04. The minimum atomic E-state index is 0. The minimum absolute atomic E-state index is 0. The van der Waals surface area contributed by atoms with Crippen molar-refractivity contribution in [1.29, 1.82) is 0 Å². The predicted molar refractivity (Wildman–Crippen MR) is 103 cm³/mol. The number of thiazole rings is 1. The molecule has 2 heterocycles. The van der Waals surface area contributed by atoms with Gasteiger partial charge in [0.2, 0.25) is 0 Å². The summed E-state index contributed by atoms with van der Waals surface area (Å²) in [7, 11) is 0. The van der Waals surface area contributed by atoms with Gasteiger partial charge in [-0.1, -0.05) is 13.8 Å². The fourth-order valence-corrected chi connectivity index (χ4v) is 3.00. The predicted octanol–water partition coefficient (Wildman–Crippen LogP) is 3.12. The Bertz CT molecular complexity index is 458. The Morgan fingerprint density at radius 2 is 2.32 bits per heavy atom. The molecule has 0 radical (unpaired) electrons. The molecule has 0 saturated carbocycles. The van der Waals surface area contributed by atoms with Gasteiger partial charge in [-0.05, 0) is 19.8 Å². The van der Waals surface area contributed by atoms with Crippen molar-refractivity contribution in [3.63, 3.8) is 0 Å². The van der Waals surface area contributed by atoms with Crippen LogP contribution in [0.1, 0.15) is 50.2 Å². The van der Waals surface area contributed by atoms with E-state index in [2.05, 4.69) is 46.8 Å². The van der Waals surface area contributed by atoms with Gasteiger partial charge in [0.05, 0.1) is 23.4 Å². The molecule has 1 aromatic heterocycles. The van der Waals surface area contributed by atoms with Gasteiger partial charge in [0.25, 0.3) is 0 Å². The number of hydrogen-bond donors (Lipinski definition) is 2. The van der Waals surface area contributed by atoms with E-state index < -0.39 is 0 Å². The SMILES string of the molecule is CCNC(=NCc1csc(C(C)C)n1)NCC1CCCO1.I. The van der Waals surface area contributed by atoms with Crippen molar-refractivity contribution in [3.05, 3.63) is 16.1 Å². The molecule has 0 amide bonds. The molecule has 0 bridgehead atoms. The molecule has 22 heavy (non-hydrogen) atoms. The first-order valence-electron chi connectivity index (χ1n) is 7.77. The summed E-state index contributed by atoms with van der Waals surface area (Å²) in [5, 5.41) is 9.90. The summed E-state index contributed by atoms with van der Waals surface area (Å²) >= 11 is 1.72. The Labute approximate surface area is 154 Å². The Hall–Kier alpha value is -0.410. The van der Waals surface area contributed by atoms with Crippen molar-refractivity contribution in [2.24, 2.45) is 4.99 Å². The number of hydrogen-bond acceptors (Lipinski definition) is 4. The van der Waals surface area contributed by atoms with E-state index in [0.29, 0.717) is 18.6 Å². The lowest BCUT2D eigenvalue weighted by Gasteiger charge is -2.14.